The molecule has 17 heavy (non-hydrogen) atoms. The number of alkyl halides is 2. The van der Waals surface area contributed by atoms with Crippen molar-refractivity contribution in [2.75, 3.05) is 37.4 Å². The van der Waals surface area contributed by atoms with Crippen LogP contribution in [0.25, 0.3) is 0 Å². The van der Waals surface area contributed by atoms with Gasteiger partial charge >= 0.3 is 0 Å². The molecule has 0 aromatic carbocycles. The van der Waals surface area contributed by atoms with Crippen LogP contribution >= 0.6 is 0 Å². The molecule has 0 unspecified atom stereocenters. The molecule has 1 heterocycles. The lowest BCUT2D eigenvalue weighted by Gasteiger charge is -2.22. The van der Waals surface area contributed by atoms with Crippen molar-refractivity contribution in [3.63, 3.8) is 0 Å². The minimum atomic E-state index is -2.51. The van der Waals surface area contributed by atoms with Crippen LogP contribution in [0.2, 0.25) is 0 Å². The summed E-state index contributed by atoms with van der Waals surface area (Å²) in [5, 5.41) is 8.82. The van der Waals surface area contributed by atoms with Gasteiger partial charge in [0.15, 0.2) is 0 Å². The van der Waals surface area contributed by atoms with E-state index in [1.54, 1.807) is 0 Å². The van der Waals surface area contributed by atoms with Crippen LogP contribution in [0.1, 0.15) is 0 Å². The molecule has 96 valence electrons. The van der Waals surface area contributed by atoms with Gasteiger partial charge in [-0.2, -0.15) is 4.98 Å². The molecule has 5 nitrogen and oxygen atoms in total. The number of aliphatic hydroxyl groups excluding tert-OH is 1. The second-order valence-corrected chi connectivity index (χ2v) is 3.33. The molecule has 0 radical (unpaired) electrons. The summed E-state index contributed by atoms with van der Waals surface area (Å²) in [4.78, 5) is 5.27. The van der Waals surface area contributed by atoms with Crippen LogP contribution in [0.5, 0.6) is 5.88 Å². The fourth-order valence-corrected chi connectivity index (χ4v) is 1.37. The summed E-state index contributed by atoms with van der Waals surface area (Å²) < 4.78 is 29.6. The van der Waals surface area contributed by atoms with Crippen molar-refractivity contribution >= 4 is 11.5 Å². The maximum absolute atomic E-state index is 12.3. The Morgan fingerprint density at radius 2 is 2.24 bits per heavy atom. The summed E-state index contributed by atoms with van der Waals surface area (Å²) >= 11 is 0. The number of aromatic nitrogens is 1. The molecule has 0 spiro atoms. The summed E-state index contributed by atoms with van der Waals surface area (Å²) in [6, 6.07) is 3.03. The Kier molecular flexibility index (Phi) is 4.89. The third-order valence-electron chi connectivity index (χ3n) is 2.12. The molecule has 1 aromatic heterocycles. The van der Waals surface area contributed by atoms with Crippen molar-refractivity contribution in [2.45, 2.75) is 6.43 Å². The maximum Gasteiger partial charge on any atom is 0.255 e. The fourth-order valence-electron chi connectivity index (χ4n) is 1.37. The second-order valence-electron chi connectivity index (χ2n) is 3.33. The van der Waals surface area contributed by atoms with Crippen LogP contribution in [0, 0.1) is 0 Å². The summed E-state index contributed by atoms with van der Waals surface area (Å²) in [6.45, 7) is -0.661. The minimum Gasteiger partial charge on any atom is -0.479 e. The van der Waals surface area contributed by atoms with Crippen molar-refractivity contribution in [3.8, 4) is 5.88 Å². The second kappa shape index (κ2) is 6.19. The summed E-state index contributed by atoms with van der Waals surface area (Å²) in [6.07, 6.45) is -2.51. The number of nitrogen functional groups attached to an aromatic ring is 1. The predicted molar refractivity (Wildman–Crippen MR) is 60.5 cm³/mol. The van der Waals surface area contributed by atoms with Crippen molar-refractivity contribution in [3.05, 3.63) is 12.1 Å². The predicted octanol–water partition coefficient (Wildman–Crippen LogP) is 0.736. The van der Waals surface area contributed by atoms with E-state index in [4.69, 9.17) is 15.6 Å². The molecule has 0 aliphatic heterocycles. The molecule has 0 fully saturated rings. The Hall–Kier alpha value is -1.63. The van der Waals surface area contributed by atoms with E-state index in [0.717, 1.165) is 0 Å². The number of hydrogen-bond acceptors (Lipinski definition) is 5. The number of halogens is 2. The van der Waals surface area contributed by atoms with Gasteiger partial charge in [-0.3, -0.25) is 0 Å². The summed E-state index contributed by atoms with van der Waals surface area (Å²) in [7, 11) is 1.39. The number of hydrogen-bond donors (Lipinski definition) is 2. The average molecular weight is 247 g/mol. The Bertz CT molecular complexity index is 363. The molecule has 0 aliphatic carbocycles. The van der Waals surface area contributed by atoms with Crippen molar-refractivity contribution in [1.29, 1.82) is 0 Å². The highest BCUT2D eigenvalue weighted by Gasteiger charge is 2.15. The van der Waals surface area contributed by atoms with Crippen LogP contribution in [0.4, 0.5) is 20.3 Å². The molecule has 0 saturated carbocycles. The van der Waals surface area contributed by atoms with E-state index in [-0.39, 0.29) is 19.0 Å². The molecule has 0 bridgehead atoms. The van der Waals surface area contributed by atoms with E-state index < -0.39 is 13.0 Å². The first-order chi connectivity index (χ1) is 8.08. The van der Waals surface area contributed by atoms with Gasteiger partial charge in [-0.25, -0.2) is 8.78 Å². The van der Waals surface area contributed by atoms with Crippen molar-refractivity contribution in [2.24, 2.45) is 0 Å². The number of nitrogens with zero attached hydrogens (tertiary/aromatic N) is 2. The summed E-state index contributed by atoms with van der Waals surface area (Å²) in [5.41, 5.74) is 5.90. The smallest absolute Gasteiger partial charge is 0.255 e. The highest BCUT2D eigenvalue weighted by atomic mass is 19.3. The van der Waals surface area contributed by atoms with Crippen LogP contribution in [0.3, 0.4) is 0 Å². The quantitative estimate of drug-likeness (QED) is 0.775. The standard InChI is InChI=1S/C10H15F2N3O2/c1-17-10-7(13)2-3-9(14-10)15(4-5-16)6-8(11)12/h2-3,8,16H,4-6,13H2,1H3. The van der Waals surface area contributed by atoms with Crippen LogP contribution in [-0.2, 0) is 0 Å². The van der Waals surface area contributed by atoms with Gasteiger partial charge in [-0.15, -0.1) is 0 Å². The molecule has 0 saturated heterocycles. The lowest BCUT2D eigenvalue weighted by Crippen LogP contribution is -2.32. The van der Waals surface area contributed by atoms with Crippen LogP contribution in [0.15, 0.2) is 12.1 Å². The number of nitrogens with two attached hydrogens (primary N) is 1. The van der Waals surface area contributed by atoms with E-state index in [0.29, 0.717) is 11.5 Å². The first kappa shape index (κ1) is 13.4. The average Bonchev–Trinajstić information content (AvgIpc) is 2.28. The van der Waals surface area contributed by atoms with Gasteiger partial charge in [-0.1, -0.05) is 0 Å². The number of methoxy groups -OCH3 is 1. The first-order valence-electron chi connectivity index (χ1n) is 5.03. The molecule has 1 rings (SSSR count). The normalized spacial score (nSPS) is 10.6. The molecular formula is C10H15F2N3O2. The minimum absolute atomic E-state index is 0.0738. The van der Waals surface area contributed by atoms with Gasteiger partial charge < -0.3 is 20.5 Å². The topological polar surface area (TPSA) is 71.6 Å². The van der Waals surface area contributed by atoms with E-state index in [1.807, 2.05) is 0 Å². The van der Waals surface area contributed by atoms with Gasteiger partial charge in [0.05, 0.1) is 25.9 Å². The van der Waals surface area contributed by atoms with Gasteiger partial charge in [-0.05, 0) is 12.1 Å². The SMILES string of the molecule is COc1nc(N(CCO)CC(F)F)ccc1N. The zero-order valence-corrected chi connectivity index (χ0v) is 9.44. The third-order valence-corrected chi connectivity index (χ3v) is 2.12. The molecule has 1 aromatic rings. The number of anilines is 2. The Labute approximate surface area is 97.8 Å². The zero-order chi connectivity index (χ0) is 12.8. The zero-order valence-electron chi connectivity index (χ0n) is 9.44. The monoisotopic (exact) mass is 247 g/mol. The Balaban J connectivity index is 2.92. The lowest BCUT2D eigenvalue weighted by molar-refractivity contribution is 0.152. The van der Waals surface area contributed by atoms with E-state index in [9.17, 15) is 8.78 Å². The van der Waals surface area contributed by atoms with Gasteiger partial charge in [0.2, 0.25) is 5.88 Å². The van der Waals surface area contributed by atoms with Crippen LogP contribution < -0.4 is 15.4 Å². The Morgan fingerprint density at radius 1 is 1.53 bits per heavy atom. The number of ether oxygens (including phenoxy) is 1. The number of pyridine rings is 1. The van der Waals surface area contributed by atoms with Gasteiger partial charge in [0.25, 0.3) is 6.43 Å². The molecule has 0 atom stereocenters. The van der Waals surface area contributed by atoms with Crippen molar-refractivity contribution in [1.82, 2.24) is 4.98 Å². The van der Waals surface area contributed by atoms with Gasteiger partial charge in [0, 0.05) is 6.54 Å². The lowest BCUT2D eigenvalue weighted by atomic mass is 10.3. The molecule has 3 N–H and O–H groups in total. The Morgan fingerprint density at radius 3 is 2.76 bits per heavy atom. The molecular weight excluding hydrogens is 232 g/mol. The largest absolute Gasteiger partial charge is 0.479 e. The number of rotatable bonds is 6. The first-order valence-corrected chi connectivity index (χ1v) is 5.03. The highest BCUT2D eigenvalue weighted by Crippen LogP contribution is 2.22. The van der Waals surface area contributed by atoms with Gasteiger partial charge in [0.1, 0.15) is 5.82 Å². The van der Waals surface area contributed by atoms with E-state index in [2.05, 4.69) is 4.98 Å². The van der Waals surface area contributed by atoms with Crippen molar-refractivity contribution < 1.29 is 18.6 Å². The molecule has 0 aliphatic rings. The van der Waals surface area contributed by atoms with E-state index in [1.165, 1.54) is 24.1 Å². The molecule has 0 amide bonds. The maximum atomic E-state index is 12.3. The van der Waals surface area contributed by atoms with E-state index >= 15 is 0 Å². The summed E-state index contributed by atoms with van der Waals surface area (Å²) in [5.74, 6) is 0.477. The highest BCUT2D eigenvalue weighted by molar-refractivity contribution is 5.54. The molecule has 7 heteroatoms. The van der Waals surface area contributed by atoms with Crippen LogP contribution in [-0.4, -0.2) is 43.3 Å². The fraction of sp³-hybridized carbons (Fsp3) is 0.500. The third kappa shape index (κ3) is 3.70. The number of aliphatic hydroxyl groups is 1.